The molecule has 0 radical (unpaired) electrons. The molecular formula is C39H52N4O5S. The van der Waals surface area contributed by atoms with Crippen LogP contribution in [0, 0.1) is 11.3 Å². The van der Waals surface area contributed by atoms with E-state index in [9.17, 15) is 18.0 Å². The fraction of sp³-hybridized carbons (Fsp3) is 0.590. The lowest BCUT2D eigenvalue weighted by Gasteiger charge is -2.32. The molecule has 0 spiro atoms. The molecule has 3 aromatic rings. The van der Waals surface area contributed by atoms with E-state index in [-0.39, 0.29) is 29.5 Å². The van der Waals surface area contributed by atoms with Crippen LogP contribution in [0.15, 0.2) is 36.4 Å². The summed E-state index contributed by atoms with van der Waals surface area (Å²) in [4.78, 5) is 32.9. The molecule has 1 saturated heterocycles. The van der Waals surface area contributed by atoms with Crippen LogP contribution in [0.25, 0.3) is 22.2 Å². The summed E-state index contributed by atoms with van der Waals surface area (Å²) < 4.78 is 36.0. The molecule has 7 rings (SSSR count). The molecular weight excluding hydrogens is 637 g/mol. The summed E-state index contributed by atoms with van der Waals surface area (Å²) in [7, 11) is 0.0371. The molecule has 1 aromatic heterocycles. The first kappa shape index (κ1) is 34.1. The van der Waals surface area contributed by atoms with Crippen LogP contribution in [0.5, 0.6) is 5.75 Å². The van der Waals surface area contributed by atoms with E-state index in [1.165, 1.54) is 30.4 Å². The Morgan fingerprint density at radius 2 is 1.84 bits per heavy atom. The summed E-state index contributed by atoms with van der Waals surface area (Å²) >= 11 is 0. The Morgan fingerprint density at radius 1 is 1.06 bits per heavy atom. The molecule has 3 heterocycles. The molecule has 2 aliphatic carbocycles. The van der Waals surface area contributed by atoms with Crippen molar-refractivity contribution in [3.63, 3.8) is 0 Å². The molecule has 264 valence electrons. The second-order valence-electron chi connectivity index (χ2n) is 15.5. The number of amides is 2. The average Bonchev–Trinajstić information content (AvgIpc) is 3.52. The van der Waals surface area contributed by atoms with Crippen LogP contribution in [-0.2, 0) is 21.4 Å². The van der Waals surface area contributed by atoms with Crippen LogP contribution in [0.2, 0.25) is 0 Å². The molecule has 1 unspecified atom stereocenters. The minimum absolute atomic E-state index is 0.0667. The van der Waals surface area contributed by atoms with Gasteiger partial charge in [-0.2, -0.15) is 0 Å². The molecule has 2 aromatic carbocycles. The molecule has 0 bridgehead atoms. The third kappa shape index (κ3) is 6.17. The number of sulfonamides is 1. The van der Waals surface area contributed by atoms with Crippen molar-refractivity contribution in [2.45, 2.75) is 96.6 Å². The number of nitrogens with one attached hydrogen (secondary N) is 1. The van der Waals surface area contributed by atoms with Crippen LogP contribution in [0.4, 0.5) is 0 Å². The Labute approximate surface area is 291 Å². The Bertz CT molecular complexity index is 1880. The lowest BCUT2D eigenvalue weighted by atomic mass is 9.81. The molecule has 2 amide bonds. The number of carbonyl (C=O) groups is 2. The maximum Gasteiger partial charge on any atom is 0.264 e. The van der Waals surface area contributed by atoms with Crippen molar-refractivity contribution in [1.29, 1.82) is 0 Å². The standard InChI is InChI=1S/C39H52N4O5S/c1-6-41(4)22-28-13-10-18-42(28)38(45)39-21-33(39)32-20-29(48-5)15-17-30(32)36-35(26-11-8-7-9-12-26)31-16-14-27(19-34(31)43(36)24-39)37(44)40-49(46,47)23-25(2)3/h14-17,19-20,25-26,28,33H,6-13,18,21-24H2,1-5H3,(H,40,44)/t28?,33-,39-/m0/s1. The van der Waals surface area contributed by atoms with E-state index in [0.717, 1.165) is 79.6 Å². The normalized spacial score (nSPS) is 23.7. The van der Waals surface area contributed by atoms with Crippen molar-refractivity contribution in [2.24, 2.45) is 11.3 Å². The average molecular weight is 689 g/mol. The van der Waals surface area contributed by atoms with Crippen LogP contribution < -0.4 is 9.46 Å². The molecule has 2 aliphatic heterocycles. The number of nitrogens with zero attached hydrogens (tertiary/aromatic N) is 3. The number of benzene rings is 2. The van der Waals surface area contributed by atoms with E-state index >= 15 is 0 Å². The van der Waals surface area contributed by atoms with Crippen molar-refractivity contribution in [1.82, 2.24) is 19.1 Å². The monoisotopic (exact) mass is 688 g/mol. The van der Waals surface area contributed by atoms with Crippen LogP contribution in [0.3, 0.4) is 0 Å². The molecule has 10 heteroatoms. The second-order valence-corrected chi connectivity index (χ2v) is 17.3. The molecule has 3 atom stereocenters. The van der Waals surface area contributed by atoms with Gasteiger partial charge in [0, 0.05) is 53.6 Å². The highest BCUT2D eigenvalue weighted by atomic mass is 32.2. The SMILES string of the molecule is CCN(C)CC1CCCN1C(=O)[C@]12C[C@H]1c1cc(OC)ccc1-c1c(C3CCCCC3)c3ccc(C(=O)NS(=O)(=O)CC(C)C)cc3n1C2. The number of rotatable bonds is 10. The minimum Gasteiger partial charge on any atom is -0.497 e. The molecule has 1 N–H and O–H groups in total. The van der Waals surface area contributed by atoms with Crippen molar-refractivity contribution in [3.05, 3.63) is 53.1 Å². The molecule has 9 nitrogen and oxygen atoms in total. The van der Waals surface area contributed by atoms with Crippen molar-refractivity contribution >= 4 is 32.7 Å². The van der Waals surface area contributed by atoms with Gasteiger partial charge >= 0.3 is 0 Å². The van der Waals surface area contributed by atoms with E-state index in [2.05, 4.69) is 45.2 Å². The lowest BCUT2D eigenvalue weighted by Crippen LogP contribution is -2.46. The van der Waals surface area contributed by atoms with Crippen molar-refractivity contribution in [3.8, 4) is 17.0 Å². The van der Waals surface area contributed by atoms with Gasteiger partial charge in [0.15, 0.2) is 0 Å². The van der Waals surface area contributed by atoms with Gasteiger partial charge in [-0.05, 0) is 99.0 Å². The zero-order chi connectivity index (χ0) is 34.7. The van der Waals surface area contributed by atoms with Crippen molar-refractivity contribution < 1.29 is 22.7 Å². The predicted octanol–water partition coefficient (Wildman–Crippen LogP) is 6.51. The van der Waals surface area contributed by atoms with Gasteiger partial charge in [-0.3, -0.25) is 9.59 Å². The maximum atomic E-state index is 15.0. The molecule has 49 heavy (non-hydrogen) atoms. The first-order valence-corrected chi connectivity index (χ1v) is 20.0. The highest BCUT2D eigenvalue weighted by Gasteiger charge is 2.64. The predicted molar refractivity (Wildman–Crippen MR) is 194 cm³/mol. The highest BCUT2D eigenvalue weighted by molar-refractivity contribution is 7.90. The summed E-state index contributed by atoms with van der Waals surface area (Å²) in [6.45, 7) is 8.91. The van der Waals surface area contributed by atoms with E-state index in [1.807, 2.05) is 32.0 Å². The number of carbonyl (C=O) groups excluding carboxylic acids is 2. The number of methoxy groups -OCH3 is 1. The first-order valence-electron chi connectivity index (χ1n) is 18.3. The number of aromatic nitrogens is 1. The zero-order valence-electron chi connectivity index (χ0n) is 29.8. The Morgan fingerprint density at radius 3 is 2.55 bits per heavy atom. The summed E-state index contributed by atoms with van der Waals surface area (Å²) in [5.74, 6) is 0.612. The highest BCUT2D eigenvalue weighted by Crippen LogP contribution is 2.66. The molecule has 3 fully saturated rings. The third-order valence-electron chi connectivity index (χ3n) is 11.7. The number of fused-ring (bicyclic) bond motifs is 7. The minimum atomic E-state index is -3.78. The third-order valence-corrected chi connectivity index (χ3v) is 13.3. The number of ether oxygens (including phenoxy) is 1. The summed E-state index contributed by atoms with van der Waals surface area (Å²) in [5, 5.41) is 1.09. The van der Waals surface area contributed by atoms with Gasteiger partial charge in [0.05, 0.1) is 24.0 Å². The smallest absolute Gasteiger partial charge is 0.264 e. The summed E-state index contributed by atoms with van der Waals surface area (Å²) in [5.41, 5.74) is 5.36. The van der Waals surface area contributed by atoms with Gasteiger partial charge in [-0.25, -0.2) is 13.1 Å². The van der Waals surface area contributed by atoms with Gasteiger partial charge in [0.25, 0.3) is 5.91 Å². The number of hydrogen-bond donors (Lipinski definition) is 1. The van der Waals surface area contributed by atoms with Gasteiger partial charge in [0.2, 0.25) is 15.9 Å². The number of likely N-dealkylation sites (N-methyl/N-ethyl adjacent to an activating group) is 1. The zero-order valence-corrected chi connectivity index (χ0v) is 30.6. The molecule has 2 saturated carbocycles. The molecule has 4 aliphatic rings. The van der Waals surface area contributed by atoms with Crippen molar-refractivity contribution in [2.75, 3.05) is 39.5 Å². The lowest BCUT2D eigenvalue weighted by molar-refractivity contribution is -0.138. The largest absolute Gasteiger partial charge is 0.497 e. The van der Waals surface area contributed by atoms with Crippen LogP contribution in [-0.4, -0.2) is 80.2 Å². The second kappa shape index (κ2) is 13.1. The van der Waals surface area contributed by atoms with E-state index < -0.39 is 21.3 Å². The maximum absolute atomic E-state index is 15.0. The van der Waals surface area contributed by atoms with Gasteiger partial charge in [-0.1, -0.05) is 46.1 Å². The van der Waals surface area contributed by atoms with Crippen LogP contribution in [0.1, 0.15) is 105 Å². The van der Waals surface area contributed by atoms with Gasteiger partial charge in [0.1, 0.15) is 5.75 Å². The Kier molecular flexibility index (Phi) is 9.09. The quantitative estimate of drug-likeness (QED) is 0.261. The summed E-state index contributed by atoms with van der Waals surface area (Å²) in [6.07, 6.45) is 8.58. The van der Waals surface area contributed by atoms with Gasteiger partial charge in [-0.15, -0.1) is 0 Å². The number of hydrogen-bond acceptors (Lipinski definition) is 6. The fourth-order valence-corrected chi connectivity index (χ4v) is 10.5. The number of likely N-dealkylation sites (tertiary alicyclic amines) is 1. The Hall–Kier alpha value is -3.37. The fourth-order valence-electron chi connectivity index (χ4n) is 9.17. The van der Waals surface area contributed by atoms with E-state index in [0.29, 0.717) is 18.0 Å². The van der Waals surface area contributed by atoms with Gasteiger partial charge < -0.3 is 19.1 Å². The first-order chi connectivity index (χ1) is 23.5. The van der Waals surface area contributed by atoms with E-state index in [4.69, 9.17) is 4.74 Å². The van der Waals surface area contributed by atoms with Crippen LogP contribution >= 0.6 is 0 Å². The topological polar surface area (TPSA) is 101 Å². The van der Waals surface area contributed by atoms with E-state index in [1.54, 1.807) is 13.2 Å². The Balaban J connectivity index is 1.39. The summed E-state index contributed by atoms with van der Waals surface area (Å²) in [6, 6.07) is 12.2.